The maximum absolute atomic E-state index is 11.2. The van der Waals surface area contributed by atoms with E-state index in [-0.39, 0.29) is 5.41 Å². The van der Waals surface area contributed by atoms with Crippen LogP contribution in [0.1, 0.15) is 31.4 Å². The van der Waals surface area contributed by atoms with Gasteiger partial charge in [0, 0.05) is 5.41 Å². The van der Waals surface area contributed by atoms with E-state index in [2.05, 4.69) is 23.3 Å². The molecule has 2 aromatic carbocycles. The van der Waals surface area contributed by atoms with Crippen molar-refractivity contribution in [2.45, 2.75) is 25.7 Å². The molecule has 6 heteroatoms. The van der Waals surface area contributed by atoms with E-state index in [0.717, 1.165) is 17.5 Å². The highest BCUT2D eigenvalue weighted by molar-refractivity contribution is 5.64. The van der Waals surface area contributed by atoms with E-state index in [4.69, 9.17) is 9.47 Å². The van der Waals surface area contributed by atoms with Gasteiger partial charge < -0.3 is 18.9 Å². The van der Waals surface area contributed by atoms with Gasteiger partial charge in [-0.2, -0.15) is 0 Å². The summed E-state index contributed by atoms with van der Waals surface area (Å²) in [7, 11) is 2.52. The minimum atomic E-state index is -0.753. The summed E-state index contributed by atoms with van der Waals surface area (Å²) in [5, 5.41) is 0. The lowest BCUT2D eigenvalue weighted by atomic mass is 9.74. The maximum Gasteiger partial charge on any atom is 0.513 e. The van der Waals surface area contributed by atoms with Crippen molar-refractivity contribution in [3.05, 3.63) is 59.7 Å². The summed E-state index contributed by atoms with van der Waals surface area (Å²) in [6.45, 7) is 4.22. The van der Waals surface area contributed by atoms with Gasteiger partial charge in [0.2, 0.25) is 0 Å². The molecule has 138 valence electrons. The Balaban J connectivity index is 2.24. The van der Waals surface area contributed by atoms with Crippen LogP contribution in [0.4, 0.5) is 9.59 Å². The second-order valence-corrected chi connectivity index (χ2v) is 5.85. The Bertz CT molecular complexity index is 687. The van der Waals surface area contributed by atoms with Gasteiger partial charge in [-0.1, -0.05) is 38.1 Å². The fourth-order valence-corrected chi connectivity index (χ4v) is 2.63. The van der Waals surface area contributed by atoms with Crippen molar-refractivity contribution in [1.29, 1.82) is 0 Å². The van der Waals surface area contributed by atoms with Crippen LogP contribution in [-0.4, -0.2) is 26.5 Å². The Morgan fingerprint density at radius 3 is 1.38 bits per heavy atom. The van der Waals surface area contributed by atoms with Crippen molar-refractivity contribution in [2.24, 2.45) is 0 Å². The van der Waals surface area contributed by atoms with E-state index in [1.54, 1.807) is 24.3 Å². The van der Waals surface area contributed by atoms with Crippen LogP contribution in [-0.2, 0) is 14.9 Å². The van der Waals surface area contributed by atoms with E-state index in [1.165, 1.54) is 14.2 Å². The monoisotopic (exact) mass is 358 g/mol. The van der Waals surface area contributed by atoms with Gasteiger partial charge in [-0.15, -0.1) is 0 Å². The summed E-state index contributed by atoms with van der Waals surface area (Å²) < 4.78 is 19.0. The van der Waals surface area contributed by atoms with Crippen molar-refractivity contribution >= 4 is 12.3 Å². The van der Waals surface area contributed by atoms with Gasteiger partial charge in [0.25, 0.3) is 0 Å². The molecule has 0 fully saturated rings. The third-order valence-corrected chi connectivity index (χ3v) is 4.43. The van der Waals surface area contributed by atoms with Gasteiger partial charge in [-0.3, -0.25) is 0 Å². The van der Waals surface area contributed by atoms with Crippen LogP contribution in [0.2, 0.25) is 0 Å². The summed E-state index contributed by atoms with van der Waals surface area (Å²) in [6.07, 6.45) is -0.657. The van der Waals surface area contributed by atoms with Gasteiger partial charge in [-0.25, -0.2) is 9.59 Å². The first-order chi connectivity index (χ1) is 12.4. The predicted octanol–water partition coefficient (Wildman–Crippen LogP) is 4.69. The van der Waals surface area contributed by atoms with Crippen molar-refractivity contribution < 1.29 is 28.5 Å². The molecule has 2 rings (SSSR count). The van der Waals surface area contributed by atoms with Crippen LogP contribution in [0.3, 0.4) is 0 Å². The standard InChI is InChI=1S/C20H22O6/c1-5-20(2,14-6-10-16(11-7-14)25-18(21)23-3)15-8-12-17(13-9-15)26-19(22)24-4/h6-13H,5H2,1-4H3. The number of carbonyl (C=O) groups excluding carboxylic acids is 2. The lowest BCUT2D eigenvalue weighted by molar-refractivity contribution is 0.120. The Kier molecular flexibility index (Phi) is 6.22. The van der Waals surface area contributed by atoms with Crippen LogP contribution >= 0.6 is 0 Å². The van der Waals surface area contributed by atoms with Gasteiger partial charge in [-0.05, 0) is 41.8 Å². The SMILES string of the molecule is CCC(C)(c1ccc(OC(=O)OC)cc1)c1ccc(OC(=O)OC)cc1. The zero-order chi connectivity index (χ0) is 19.2. The molecule has 0 amide bonds. The van der Waals surface area contributed by atoms with E-state index < -0.39 is 12.3 Å². The third-order valence-electron chi connectivity index (χ3n) is 4.43. The van der Waals surface area contributed by atoms with Gasteiger partial charge >= 0.3 is 12.3 Å². The highest BCUT2D eigenvalue weighted by Crippen LogP contribution is 2.36. The van der Waals surface area contributed by atoms with Crippen LogP contribution in [0.15, 0.2) is 48.5 Å². The largest absolute Gasteiger partial charge is 0.513 e. The molecule has 0 N–H and O–H groups in total. The molecule has 0 spiro atoms. The zero-order valence-corrected chi connectivity index (χ0v) is 15.3. The summed E-state index contributed by atoms with van der Waals surface area (Å²) in [6, 6.07) is 14.6. The summed E-state index contributed by atoms with van der Waals surface area (Å²) in [4.78, 5) is 22.4. The molecule has 0 unspecified atom stereocenters. The third kappa shape index (κ3) is 4.33. The van der Waals surface area contributed by atoms with Crippen LogP contribution in [0, 0.1) is 0 Å². The van der Waals surface area contributed by atoms with Crippen molar-refractivity contribution in [1.82, 2.24) is 0 Å². The highest BCUT2D eigenvalue weighted by atomic mass is 16.7. The minimum Gasteiger partial charge on any atom is -0.437 e. The molecule has 0 saturated carbocycles. The molecule has 0 heterocycles. The lowest BCUT2D eigenvalue weighted by Gasteiger charge is -2.30. The van der Waals surface area contributed by atoms with Gasteiger partial charge in [0.1, 0.15) is 11.5 Å². The topological polar surface area (TPSA) is 71.1 Å². The number of benzene rings is 2. The molecule has 0 bridgehead atoms. The average molecular weight is 358 g/mol. The number of rotatable bonds is 5. The molecule has 0 aromatic heterocycles. The second kappa shape index (κ2) is 8.38. The van der Waals surface area contributed by atoms with Gasteiger partial charge in [0.05, 0.1) is 14.2 Å². The molecule has 0 aliphatic carbocycles. The van der Waals surface area contributed by atoms with E-state index in [1.807, 2.05) is 24.3 Å². The normalized spacial score (nSPS) is 10.8. The second-order valence-electron chi connectivity index (χ2n) is 5.85. The molecule has 6 nitrogen and oxygen atoms in total. The molecule has 0 aliphatic heterocycles. The molecule has 0 aliphatic rings. The molecule has 0 saturated heterocycles. The molecule has 26 heavy (non-hydrogen) atoms. The summed E-state index contributed by atoms with van der Waals surface area (Å²) >= 11 is 0. The molecular weight excluding hydrogens is 336 g/mol. The molecule has 0 atom stereocenters. The van der Waals surface area contributed by atoms with Crippen molar-refractivity contribution in [3.8, 4) is 11.5 Å². The Morgan fingerprint density at radius 1 is 0.769 bits per heavy atom. The lowest BCUT2D eigenvalue weighted by Crippen LogP contribution is -2.22. The smallest absolute Gasteiger partial charge is 0.437 e. The minimum absolute atomic E-state index is 0.256. The quantitative estimate of drug-likeness (QED) is 0.570. The average Bonchev–Trinajstić information content (AvgIpc) is 2.68. The first kappa shape index (κ1) is 19.3. The summed E-state index contributed by atoms with van der Waals surface area (Å²) in [5.41, 5.74) is 1.88. The molecular formula is C20H22O6. The first-order valence-corrected chi connectivity index (χ1v) is 8.15. The number of hydrogen-bond acceptors (Lipinski definition) is 6. The summed E-state index contributed by atoms with van der Waals surface area (Å²) in [5.74, 6) is 0.835. The Morgan fingerprint density at radius 2 is 1.12 bits per heavy atom. The van der Waals surface area contributed by atoms with E-state index in [9.17, 15) is 9.59 Å². The van der Waals surface area contributed by atoms with E-state index >= 15 is 0 Å². The maximum atomic E-state index is 11.2. The van der Waals surface area contributed by atoms with Crippen LogP contribution < -0.4 is 9.47 Å². The van der Waals surface area contributed by atoms with E-state index in [0.29, 0.717) is 11.5 Å². The zero-order valence-electron chi connectivity index (χ0n) is 15.3. The number of hydrogen-bond donors (Lipinski definition) is 0. The number of carbonyl (C=O) groups is 2. The Labute approximate surface area is 152 Å². The van der Waals surface area contributed by atoms with Crippen molar-refractivity contribution in [3.63, 3.8) is 0 Å². The van der Waals surface area contributed by atoms with Gasteiger partial charge in [0.15, 0.2) is 0 Å². The van der Waals surface area contributed by atoms with Crippen molar-refractivity contribution in [2.75, 3.05) is 14.2 Å². The fourth-order valence-electron chi connectivity index (χ4n) is 2.63. The number of methoxy groups -OCH3 is 2. The Hall–Kier alpha value is -3.02. The highest BCUT2D eigenvalue weighted by Gasteiger charge is 2.27. The molecule has 0 radical (unpaired) electrons. The van der Waals surface area contributed by atoms with Crippen LogP contribution in [0.5, 0.6) is 11.5 Å². The molecule has 2 aromatic rings. The van der Waals surface area contributed by atoms with Crippen LogP contribution in [0.25, 0.3) is 0 Å². The predicted molar refractivity (Wildman–Crippen MR) is 95.7 cm³/mol. The fraction of sp³-hybridized carbons (Fsp3) is 0.300. The number of ether oxygens (including phenoxy) is 4. The first-order valence-electron chi connectivity index (χ1n) is 8.15.